The van der Waals surface area contributed by atoms with Crippen molar-refractivity contribution in [1.29, 1.82) is 5.39 Å². The minimum absolute atomic E-state index is 0.0914. The van der Waals surface area contributed by atoms with E-state index >= 15 is 0 Å². The zero-order valence-corrected chi connectivity index (χ0v) is 6.18. The molecule has 0 aliphatic rings. The molecule has 0 saturated heterocycles. The summed E-state index contributed by atoms with van der Waals surface area (Å²) < 4.78 is 0. The predicted molar refractivity (Wildman–Crippen MR) is 44.3 cm³/mol. The summed E-state index contributed by atoms with van der Waals surface area (Å²) >= 11 is 0. The van der Waals surface area contributed by atoms with Crippen molar-refractivity contribution in [3.63, 3.8) is 0 Å². The maximum Gasteiger partial charge on any atom is 0.561 e. The third kappa shape index (κ3) is 0.974. The summed E-state index contributed by atoms with van der Waals surface area (Å²) in [5.41, 5.74) is 0.778. The van der Waals surface area contributed by atoms with Gasteiger partial charge >= 0.3 is 5.95 Å². The Bertz CT molecular complexity index is 458. The van der Waals surface area contributed by atoms with E-state index in [4.69, 9.17) is 5.39 Å². The van der Waals surface area contributed by atoms with Gasteiger partial charge in [0.15, 0.2) is 5.52 Å². The molecule has 1 aromatic carbocycles. The van der Waals surface area contributed by atoms with Crippen LogP contribution in [-0.4, -0.2) is 9.97 Å². The van der Waals surface area contributed by atoms with Crippen LogP contribution in [0.1, 0.15) is 0 Å². The van der Waals surface area contributed by atoms with E-state index in [9.17, 15) is 0 Å². The van der Waals surface area contributed by atoms with Crippen LogP contribution in [0.15, 0.2) is 30.5 Å². The van der Waals surface area contributed by atoms with Gasteiger partial charge in [0.2, 0.25) is 0 Å². The highest BCUT2D eigenvalue weighted by Crippen LogP contribution is 2.12. The zero-order chi connectivity index (χ0) is 8.39. The van der Waals surface area contributed by atoms with Crippen LogP contribution in [0.2, 0.25) is 0 Å². The van der Waals surface area contributed by atoms with Gasteiger partial charge in [0.25, 0.3) is 0 Å². The first-order valence-electron chi connectivity index (χ1n) is 3.47. The van der Waals surface area contributed by atoms with E-state index in [1.807, 2.05) is 24.3 Å². The van der Waals surface area contributed by atoms with E-state index in [1.165, 1.54) is 0 Å². The summed E-state index contributed by atoms with van der Waals surface area (Å²) in [5, 5.41) is 9.33. The molecular formula is C8H5N4+. The quantitative estimate of drug-likeness (QED) is 0.550. The largest absolute Gasteiger partial charge is 0.561 e. The lowest BCUT2D eigenvalue weighted by Gasteiger charge is -1.85. The molecule has 0 saturated carbocycles. The van der Waals surface area contributed by atoms with E-state index < -0.39 is 0 Å². The van der Waals surface area contributed by atoms with Gasteiger partial charge in [-0.15, -0.1) is 0 Å². The lowest BCUT2D eigenvalue weighted by molar-refractivity contribution is 1.23. The maximum absolute atomic E-state index is 8.40. The molecule has 0 atom stereocenters. The smallest absolute Gasteiger partial charge is 0.0613 e. The summed E-state index contributed by atoms with van der Waals surface area (Å²) in [6, 6.07) is 7.51. The molecule has 0 amide bonds. The number of hydrogen-bond donors (Lipinski definition) is 0. The van der Waals surface area contributed by atoms with Crippen LogP contribution in [0.5, 0.6) is 0 Å². The zero-order valence-electron chi connectivity index (χ0n) is 6.18. The van der Waals surface area contributed by atoms with Gasteiger partial charge in [-0.3, -0.25) is 0 Å². The van der Waals surface area contributed by atoms with Crippen molar-refractivity contribution in [1.82, 2.24) is 9.97 Å². The topological polar surface area (TPSA) is 53.9 Å². The second kappa shape index (κ2) is 2.55. The predicted octanol–water partition coefficient (Wildman–Crippen LogP) is 2.11. The fraction of sp³-hybridized carbons (Fsp3) is 0. The summed E-state index contributed by atoms with van der Waals surface area (Å²) in [6.07, 6.45) is 1.62. The fourth-order valence-corrected chi connectivity index (χ4v) is 1.01. The molecule has 2 aromatic rings. The molecule has 2 rings (SSSR count). The Labute approximate surface area is 68.5 Å². The molecule has 0 spiro atoms. The molecule has 12 heavy (non-hydrogen) atoms. The van der Waals surface area contributed by atoms with Crippen molar-refractivity contribution in [3.8, 4) is 0 Å². The van der Waals surface area contributed by atoms with E-state index in [0.29, 0.717) is 0 Å². The lowest BCUT2D eigenvalue weighted by atomic mass is 10.2. The molecule has 56 valence electrons. The minimum atomic E-state index is 0.0914. The Morgan fingerprint density at radius 2 is 2.08 bits per heavy atom. The van der Waals surface area contributed by atoms with Crippen LogP contribution < -0.4 is 0 Å². The van der Waals surface area contributed by atoms with Crippen molar-refractivity contribution in [3.05, 3.63) is 35.4 Å². The van der Waals surface area contributed by atoms with E-state index in [1.54, 1.807) is 6.20 Å². The Morgan fingerprint density at radius 1 is 1.25 bits per heavy atom. The lowest BCUT2D eigenvalue weighted by Crippen LogP contribution is -1.80. The second-order valence-electron chi connectivity index (χ2n) is 2.33. The number of fused-ring (bicyclic) bond motifs is 1. The van der Waals surface area contributed by atoms with Crippen LogP contribution in [0.4, 0.5) is 5.95 Å². The van der Waals surface area contributed by atoms with Gasteiger partial charge in [-0.05, 0) is 17.1 Å². The molecule has 4 heteroatoms. The number of rotatable bonds is 0. The van der Waals surface area contributed by atoms with Crippen molar-refractivity contribution >= 4 is 16.9 Å². The average Bonchev–Trinajstić information content (AvgIpc) is 2.17. The number of hydrogen-bond acceptors (Lipinski definition) is 3. The molecule has 0 fully saturated rings. The number of para-hydroxylation sites is 1. The van der Waals surface area contributed by atoms with Crippen LogP contribution in [0, 0.1) is 5.39 Å². The van der Waals surface area contributed by atoms with Gasteiger partial charge < -0.3 is 0 Å². The number of nitrogens with zero attached hydrogens (tertiary/aromatic N) is 4. The summed E-state index contributed by atoms with van der Waals surface area (Å²) in [7, 11) is 0. The number of benzene rings is 1. The molecule has 0 N–H and O–H groups in total. The van der Waals surface area contributed by atoms with Gasteiger partial charge in [0.1, 0.15) is 6.20 Å². The van der Waals surface area contributed by atoms with Crippen LogP contribution in [0.25, 0.3) is 15.9 Å². The van der Waals surface area contributed by atoms with Crippen molar-refractivity contribution in [2.75, 3.05) is 0 Å². The molecule has 0 radical (unpaired) electrons. The molecule has 1 heterocycles. The minimum Gasteiger partial charge on any atom is -0.0613 e. The van der Waals surface area contributed by atoms with Gasteiger partial charge in [0, 0.05) is 0 Å². The first-order valence-corrected chi connectivity index (χ1v) is 3.47. The summed E-state index contributed by atoms with van der Waals surface area (Å²) in [4.78, 5) is 10.7. The molecule has 4 nitrogen and oxygen atoms in total. The van der Waals surface area contributed by atoms with Crippen LogP contribution in [-0.2, 0) is 0 Å². The first kappa shape index (κ1) is 6.68. The van der Waals surface area contributed by atoms with Gasteiger partial charge in [-0.25, -0.2) is 0 Å². The molecular weight excluding hydrogens is 152 g/mol. The monoisotopic (exact) mass is 157 g/mol. The molecule has 0 aliphatic heterocycles. The average molecular weight is 157 g/mol. The summed E-state index contributed by atoms with van der Waals surface area (Å²) in [5.74, 6) is 0.0914. The Kier molecular flexibility index (Phi) is 1.42. The normalized spacial score (nSPS) is 9.58. The molecule has 0 unspecified atom stereocenters. The summed E-state index contributed by atoms with van der Waals surface area (Å²) in [6.45, 7) is 0. The Hall–Kier alpha value is -2.02. The van der Waals surface area contributed by atoms with Crippen molar-refractivity contribution in [2.45, 2.75) is 0 Å². The van der Waals surface area contributed by atoms with Crippen LogP contribution >= 0.6 is 0 Å². The van der Waals surface area contributed by atoms with Crippen molar-refractivity contribution in [2.24, 2.45) is 0 Å². The highest BCUT2D eigenvalue weighted by Gasteiger charge is 2.08. The highest BCUT2D eigenvalue weighted by atomic mass is 15.1. The third-order valence-corrected chi connectivity index (χ3v) is 1.57. The Balaban J connectivity index is 2.78. The van der Waals surface area contributed by atoms with E-state index in [-0.39, 0.29) is 5.95 Å². The number of diazo groups is 1. The third-order valence-electron chi connectivity index (χ3n) is 1.57. The van der Waals surface area contributed by atoms with Gasteiger partial charge in [-0.2, -0.15) is 0 Å². The molecule has 0 bridgehead atoms. The standard InChI is InChI=1S/C8H5N4/c9-12-8-10-5-6-3-1-2-4-7(6)11-8/h1-5H/q+1. The van der Waals surface area contributed by atoms with E-state index in [0.717, 1.165) is 10.9 Å². The van der Waals surface area contributed by atoms with Crippen LogP contribution in [0.3, 0.4) is 0 Å². The van der Waals surface area contributed by atoms with Gasteiger partial charge in [0.05, 0.1) is 10.8 Å². The number of aromatic nitrogens is 2. The second-order valence-corrected chi connectivity index (χ2v) is 2.33. The van der Waals surface area contributed by atoms with Gasteiger partial charge in [-0.1, -0.05) is 22.1 Å². The Morgan fingerprint density at radius 3 is 2.92 bits per heavy atom. The SMILES string of the molecule is N#[N+]c1ncc2ccccc2n1. The first-order chi connectivity index (χ1) is 5.90. The maximum atomic E-state index is 8.40. The fourth-order valence-electron chi connectivity index (χ4n) is 1.01. The van der Waals surface area contributed by atoms with Crippen molar-refractivity contribution < 1.29 is 0 Å². The molecule has 1 aromatic heterocycles. The highest BCUT2D eigenvalue weighted by molar-refractivity contribution is 5.78. The molecule has 0 aliphatic carbocycles. The van der Waals surface area contributed by atoms with E-state index in [2.05, 4.69) is 14.9 Å².